The summed E-state index contributed by atoms with van der Waals surface area (Å²) in [5.74, 6) is -0.0182. The van der Waals surface area contributed by atoms with Crippen LogP contribution >= 0.6 is 22.9 Å². The first kappa shape index (κ1) is 24.0. The van der Waals surface area contributed by atoms with Crippen molar-refractivity contribution in [2.75, 3.05) is 31.0 Å². The van der Waals surface area contributed by atoms with Crippen LogP contribution in [0.4, 0.5) is 10.9 Å². The number of ether oxygens (including phenoxy) is 2. The van der Waals surface area contributed by atoms with E-state index in [9.17, 15) is 9.59 Å². The molecule has 0 spiro atoms. The minimum Gasteiger partial charge on any atom is -0.494 e. The van der Waals surface area contributed by atoms with Crippen LogP contribution in [0.2, 0.25) is 5.15 Å². The Hall–Kier alpha value is -3.74. The molecule has 13 heteroatoms. The van der Waals surface area contributed by atoms with Gasteiger partial charge in [0.2, 0.25) is 5.91 Å². The van der Waals surface area contributed by atoms with E-state index in [0.29, 0.717) is 69.2 Å². The number of carbonyl (C=O) groups excluding carboxylic acids is 2. The first-order valence-electron chi connectivity index (χ1n) is 10.9. The molecule has 0 aliphatic carbocycles. The highest BCUT2D eigenvalue weighted by atomic mass is 35.5. The fraction of sp³-hybridized carbons (Fsp3) is 0.261. The van der Waals surface area contributed by atoms with Gasteiger partial charge in [-0.15, -0.1) is 0 Å². The number of halogens is 1. The number of amides is 2. The summed E-state index contributed by atoms with van der Waals surface area (Å²) in [5, 5.41) is 6.11. The summed E-state index contributed by atoms with van der Waals surface area (Å²) in [6, 6.07) is 3.40. The maximum Gasteiger partial charge on any atom is 0.259 e. The standard InChI is InChI=1S/C23H20ClN7O4S/c1-11-5-13(14-6-17(24)26-8-16(14)34-2)15(7-25-11)21(33)31-23-30-19-22(36-23)29-18(9-27-19)28-20(32)12-3-4-35-10-12/h5-9,12H,3-4,10H2,1-2H3,(H,28,29,32)(H,27,30,31,33). The smallest absolute Gasteiger partial charge is 0.259 e. The van der Waals surface area contributed by atoms with Crippen molar-refractivity contribution in [3.63, 3.8) is 0 Å². The average Bonchev–Trinajstić information content (AvgIpc) is 3.53. The molecule has 1 aliphatic heterocycles. The van der Waals surface area contributed by atoms with Crippen molar-refractivity contribution in [3.8, 4) is 16.9 Å². The lowest BCUT2D eigenvalue weighted by molar-refractivity contribution is -0.119. The van der Waals surface area contributed by atoms with E-state index in [-0.39, 0.29) is 17.0 Å². The van der Waals surface area contributed by atoms with E-state index in [0.717, 1.165) is 11.3 Å². The summed E-state index contributed by atoms with van der Waals surface area (Å²) >= 11 is 7.25. The number of aryl methyl sites for hydroxylation is 1. The highest BCUT2D eigenvalue weighted by molar-refractivity contribution is 7.21. The highest BCUT2D eigenvalue weighted by Gasteiger charge is 2.24. The molecule has 2 amide bonds. The number of anilines is 2. The third-order valence-electron chi connectivity index (χ3n) is 5.52. The summed E-state index contributed by atoms with van der Waals surface area (Å²) in [4.78, 5) is 47.4. The predicted molar refractivity (Wildman–Crippen MR) is 134 cm³/mol. The SMILES string of the molecule is COc1cnc(Cl)cc1-c1cc(C)ncc1C(=O)Nc1nc2ncc(NC(=O)C3CCOC3)nc2s1. The maximum atomic E-state index is 13.3. The third kappa shape index (κ3) is 4.96. The lowest BCUT2D eigenvalue weighted by atomic mass is 10.0. The molecule has 0 radical (unpaired) electrons. The van der Waals surface area contributed by atoms with Crippen molar-refractivity contribution in [1.29, 1.82) is 0 Å². The number of hydrogen-bond acceptors (Lipinski definition) is 10. The summed E-state index contributed by atoms with van der Waals surface area (Å²) < 4.78 is 10.7. The molecule has 4 aromatic rings. The molecule has 4 aromatic heterocycles. The van der Waals surface area contributed by atoms with E-state index >= 15 is 0 Å². The topological polar surface area (TPSA) is 141 Å². The Morgan fingerprint density at radius 2 is 1.97 bits per heavy atom. The molecule has 1 saturated heterocycles. The number of carbonyl (C=O) groups is 2. The second-order valence-electron chi connectivity index (χ2n) is 7.99. The van der Waals surface area contributed by atoms with Gasteiger partial charge in [-0.25, -0.2) is 15.0 Å². The number of methoxy groups -OCH3 is 1. The zero-order valence-corrected chi connectivity index (χ0v) is 20.8. The highest BCUT2D eigenvalue weighted by Crippen LogP contribution is 2.34. The number of fused-ring (bicyclic) bond motifs is 1. The van der Waals surface area contributed by atoms with E-state index in [2.05, 4.69) is 35.6 Å². The van der Waals surface area contributed by atoms with Crippen molar-refractivity contribution in [1.82, 2.24) is 24.9 Å². The van der Waals surface area contributed by atoms with E-state index < -0.39 is 5.91 Å². The Balaban J connectivity index is 1.40. The van der Waals surface area contributed by atoms with Crippen molar-refractivity contribution in [3.05, 3.63) is 47.1 Å². The predicted octanol–water partition coefficient (Wildman–Crippen LogP) is 3.74. The lowest BCUT2D eigenvalue weighted by Crippen LogP contribution is -2.23. The van der Waals surface area contributed by atoms with Crippen LogP contribution in [-0.4, -0.2) is 57.1 Å². The van der Waals surface area contributed by atoms with Gasteiger partial charge in [-0.2, -0.15) is 4.98 Å². The van der Waals surface area contributed by atoms with Crippen LogP contribution in [0.1, 0.15) is 22.5 Å². The zero-order valence-electron chi connectivity index (χ0n) is 19.2. The Morgan fingerprint density at radius 3 is 2.75 bits per heavy atom. The minimum absolute atomic E-state index is 0.162. The number of hydrogen-bond donors (Lipinski definition) is 2. The van der Waals surface area contributed by atoms with Crippen LogP contribution in [0.3, 0.4) is 0 Å². The first-order valence-corrected chi connectivity index (χ1v) is 12.1. The summed E-state index contributed by atoms with van der Waals surface area (Å²) in [7, 11) is 1.52. The van der Waals surface area contributed by atoms with Gasteiger partial charge in [0.05, 0.1) is 37.6 Å². The molecule has 1 fully saturated rings. The molecular weight excluding hydrogens is 506 g/mol. The Bertz CT molecular complexity index is 1470. The number of nitrogens with one attached hydrogen (secondary N) is 2. The fourth-order valence-electron chi connectivity index (χ4n) is 3.72. The van der Waals surface area contributed by atoms with Gasteiger partial charge in [0.25, 0.3) is 5.91 Å². The van der Waals surface area contributed by atoms with Gasteiger partial charge >= 0.3 is 0 Å². The van der Waals surface area contributed by atoms with Crippen LogP contribution in [0.5, 0.6) is 5.75 Å². The van der Waals surface area contributed by atoms with Gasteiger partial charge in [0.1, 0.15) is 10.9 Å². The van der Waals surface area contributed by atoms with E-state index in [1.54, 1.807) is 12.1 Å². The van der Waals surface area contributed by atoms with Crippen LogP contribution in [-0.2, 0) is 9.53 Å². The van der Waals surface area contributed by atoms with Gasteiger partial charge in [-0.3, -0.25) is 19.9 Å². The van der Waals surface area contributed by atoms with E-state index in [1.165, 1.54) is 25.7 Å². The number of aromatic nitrogens is 5. The van der Waals surface area contributed by atoms with Crippen molar-refractivity contribution >= 4 is 56.2 Å². The van der Waals surface area contributed by atoms with Crippen LogP contribution in [0.25, 0.3) is 21.6 Å². The van der Waals surface area contributed by atoms with Gasteiger partial charge < -0.3 is 14.8 Å². The Labute approximate surface area is 214 Å². The van der Waals surface area contributed by atoms with Gasteiger partial charge in [0.15, 0.2) is 21.4 Å². The molecule has 0 saturated carbocycles. The lowest BCUT2D eigenvalue weighted by Gasteiger charge is -2.13. The second-order valence-corrected chi connectivity index (χ2v) is 9.35. The zero-order chi connectivity index (χ0) is 25.2. The fourth-order valence-corrected chi connectivity index (χ4v) is 4.67. The molecular formula is C23H20ClN7O4S. The molecule has 0 bridgehead atoms. The summed E-state index contributed by atoms with van der Waals surface area (Å²) in [6.45, 7) is 2.78. The average molecular weight is 526 g/mol. The molecule has 5 rings (SSSR count). The number of nitrogens with zero attached hydrogens (tertiary/aromatic N) is 5. The van der Waals surface area contributed by atoms with E-state index in [4.69, 9.17) is 21.1 Å². The molecule has 5 heterocycles. The quantitative estimate of drug-likeness (QED) is 0.360. The van der Waals surface area contributed by atoms with Crippen molar-refractivity contribution < 1.29 is 19.1 Å². The molecule has 1 unspecified atom stereocenters. The van der Waals surface area contributed by atoms with Crippen LogP contribution in [0, 0.1) is 12.8 Å². The summed E-state index contributed by atoms with van der Waals surface area (Å²) in [5.41, 5.74) is 2.55. The molecule has 1 aliphatic rings. The molecule has 36 heavy (non-hydrogen) atoms. The molecule has 1 atom stereocenters. The van der Waals surface area contributed by atoms with Crippen molar-refractivity contribution in [2.45, 2.75) is 13.3 Å². The first-order chi connectivity index (χ1) is 17.4. The molecule has 11 nitrogen and oxygen atoms in total. The monoisotopic (exact) mass is 525 g/mol. The molecule has 184 valence electrons. The maximum absolute atomic E-state index is 13.3. The number of thiazole rings is 1. The molecule has 2 N–H and O–H groups in total. The van der Waals surface area contributed by atoms with E-state index in [1.807, 2.05) is 6.92 Å². The third-order valence-corrected chi connectivity index (χ3v) is 6.59. The Kier molecular flexibility index (Phi) is 6.72. The second kappa shape index (κ2) is 10.1. The summed E-state index contributed by atoms with van der Waals surface area (Å²) in [6.07, 6.45) is 5.09. The largest absolute Gasteiger partial charge is 0.494 e. The number of pyridine rings is 2. The van der Waals surface area contributed by atoms with Gasteiger partial charge in [-0.1, -0.05) is 22.9 Å². The van der Waals surface area contributed by atoms with Crippen LogP contribution < -0.4 is 15.4 Å². The van der Waals surface area contributed by atoms with Gasteiger partial charge in [-0.05, 0) is 25.5 Å². The molecule has 0 aromatic carbocycles. The Morgan fingerprint density at radius 1 is 1.11 bits per heavy atom. The van der Waals surface area contributed by atoms with Crippen molar-refractivity contribution in [2.24, 2.45) is 5.92 Å². The van der Waals surface area contributed by atoms with Crippen LogP contribution in [0.15, 0.2) is 30.7 Å². The van der Waals surface area contributed by atoms with Gasteiger partial charge in [0, 0.05) is 29.6 Å². The minimum atomic E-state index is -0.429. The number of rotatable bonds is 6. The normalized spacial score (nSPS) is 15.1.